The van der Waals surface area contributed by atoms with Crippen LogP contribution in [0, 0.1) is 0 Å². The van der Waals surface area contributed by atoms with Crippen molar-refractivity contribution < 1.29 is 12.8 Å². The highest BCUT2D eigenvalue weighted by molar-refractivity contribution is 7.91. The molecule has 0 fully saturated rings. The van der Waals surface area contributed by atoms with E-state index >= 15 is 0 Å². The lowest BCUT2D eigenvalue weighted by atomic mass is 10.1. The Kier molecular flexibility index (Phi) is 4.97. The van der Waals surface area contributed by atoms with Gasteiger partial charge in [-0.05, 0) is 47.6 Å². The minimum atomic E-state index is -3.30. The van der Waals surface area contributed by atoms with Gasteiger partial charge in [0.15, 0.2) is 9.84 Å². The van der Waals surface area contributed by atoms with Crippen LogP contribution in [0.5, 0.6) is 0 Å². The van der Waals surface area contributed by atoms with Crippen LogP contribution in [0.15, 0.2) is 4.42 Å². The first-order chi connectivity index (χ1) is 8.93. The second-order valence-corrected chi connectivity index (χ2v) is 9.13. The van der Waals surface area contributed by atoms with Crippen molar-refractivity contribution in [2.45, 2.75) is 57.7 Å². The van der Waals surface area contributed by atoms with Gasteiger partial charge in [-0.2, -0.15) is 0 Å². The molecular weight excluding hydrogens is 278 g/mol. The molecule has 20 heavy (non-hydrogen) atoms. The fourth-order valence-corrected chi connectivity index (χ4v) is 1.86. The summed E-state index contributed by atoms with van der Waals surface area (Å²) >= 11 is 0. The molecule has 116 valence electrons. The van der Waals surface area contributed by atoms with Gasteiger partial charge in [-0.25, -0.2) is 8.42 Å². The van der Waals surface area contributed by atoms with Crippen molar-refractivity contribution in [3.05, 3.63) is 11.8 Å². The van der Waals surface area contributed by atoms with E-state index in [1.54, 1.807) is 13.8 Å². The maximum Gasteiger partial charge on any atom is 0.237 e. The van der Waals surface area contributed by atoms with E-state index in [1.807, 2.05) is 0 Å². The Bertz CT molecular complexity index is 541. The van der Waals surface area contributed by atoms with E-state index < -0.39 is 14.6 Å². The quantitative estimate of drug-likeness (QED) is 0.805. The summed E-state index contributed by atoms with van der Waals surface area (Å²) in [6.45, 7) is 10.3. The largest absolute Gasteiger partial charge is 0.424 e. The van der Waals surface area contributed by atoms with Crippen molar-refractivity contribution in [3.8, 4) is 0 Å². The molecule has 1 rings (SSSR count). The molecule has 0 radical (unpaired) electrons. The van der Waals surface area contributed by atoms with Crippen LogP contribution in [0.4, 0.5) is 0 Å². The third-order valence-corrected chi connectivity index (χ3v) is 5.16. The van der Waals surface area contributed by atoms with E-state index in [0.29, 0.717) is 12.3 Å². The smallest absolute Gasteiger partial charge is 0.237 e. The molecule has 1 heterocycles. The second-order valence-electron chi connectivity index (χ2n) is 6.56. The zero-order valence-electron chi connectivity index (χ0n) is 13.1. The summed E-state index contributed by atoms with van der Waals surface area (Å²) in [4.78, 5) is 0. The molecule has 0 unspecified atom stereocenters. The van der Waals surface area contributed by atoms with Crippen LogP contribution in [0.1, 0.15) is 52.8 Å². The molecule has 0 aromatic carbocycles. The Morgan fingerprint density at radius 1 is 1.15 bits per heavy atom. The molecule has 6 nitrogen and oxygen atoms in total. The molecule has 0 aliphatic rings. The van der Waals surface area contributed by atoms with Gasteiger partial charge in [0.2, 0.25) is 11.8 Å². The van der Waals surface area contributed by atoms with Crippen LogP contribution in [-0.4, -0.2) is 37.0 Å². The first kappa shape index (κ1) is 17.1. The minimum absolute atomic E-state index is 0.0816. The third kappa shape index (κ3) is 4.56. The van der Waals surface area contributed by atoms with E-state index in [2.05, 4.69) is 36.3 Å². The standard InChI is InChI=1S/C13H25N3O3S/c1-12(2,3)14-9-7-8-10-15-16-11(19-10)13(4,5)20(6,17)18/h14H,7-9H2,1-6H3. The number of nitrogens with zero attached hydrogens (tertiary/aromatic N) is 2. The van der Waals surface area contributed by atoms with Crippen LogP contribution < -0.4 is 5.32 Å². The zero-order valence-corrected chi connectivity index (χ0v) is 14.0. The molecule has 1 aromatic rings. The predicted molar refractivity (Wildman–Crippen MR) is 78.2 cm³/mol. The van der Waals surface area contributed by atoms with Crippen LogP contribution in [0.2, 0.25) is 0 Å². The van der Waals surface area contributed by atoms with Gasteiger partial charge in [-0.3, -0.25) is 0 Å². The van der Waals surface area contributed by atoms with Gasteiger partial charge in [0.25, 0.3) is 0 Å². The van der Waals surface area contributed by atoms with Crippen molar-refractivity contribution in [2.75, 3.05) is 12.8 Å². The van der Waals surface area contributed by atoms with Crippen molar-refractivity contribution in [1.82, 2.24) is 15.5 Å². The molecule has 1 N–H and O–H groups in total. The lowest BCUT2D eigenvalue weighted by molar-refractivity contribution is 0.389. The number of aryl methyl sites for hydroxylation is 1. The zero-order chi connectivity index (χ0) is 15.6. The van der Waals surface area contributed by atoms with Gasteiger partial charge in [0.05, 0.1) is 0 Å². The highest BCUT2D eigenvalue weighted by Gasteiger charge is 2.37. The third-order valence-electron chi connectivity index (χ3n) is 3.13. The van der Waals surface area contributed by atoms with Gasteiger partial charge in [0.1, 0.15) is 4.75 Å². The normalized spacial score (nSPS) is 13.7. The maximum absolute atomic E-state index is 11.7. The van der Waals surface area contributed by atoms with Gasteiger partial charge >= 0.3 is 0 Å². The van der Waals surface area contributed by atoms with E-state index in [1.165, 1.54) is 6.26 Å². The second kappa shape index (κ2) is 5.81. The van der Waals surface area contributed by atoms with Gasteiger partial charge in [-0.1, -0.05) is 0 Å². The lowest BCUT2D eigenvalue weighted by Gasteiger charge is -2.20. The molecule has 0 saturated carbocycles. The van der Waals surface area contributed by atoms with Crippen molar-refractivity contribution in [3.63, 3.8) is 0 Å². The Morgan fingerprint density at radius 2 is 1.75 bits per heavy atom. The number of nitrogens with one attached hydrogen (secondary N) is 1. The summed E-state index contributed by atoms with van der Waals surface area (Å²) < 4.78 is 27.7. The molecule has 0 amide bonds. The Balaban J connectivity index is 2.61. The number of aromatic nitrogens is 2. The summed E-state index contributed by atoms with van der Waals surface area (Å²) in [7, 11) is -3.30. The number of sulfone groups is 1. The van der Waals surface area contributed by atoms with Crippen LogP contribution in [0.25, 0.3) is 0 Å². The van der Waals surface area contributed by atoms with E-state index in [4.69, 9.17) is 4.42 Å². The van der Waals surface area contributed by atoms with Crippen molar-refractivity contribution in [2.24, 2.45) is 0 Å². The molecule has 0 atom stereocenters. The monoisotopic (exact) mass is 303 g/mol. The maximum atomic E-state index is 11.7. The Labute approximate surface area is 121 Å². The highest BCUT2D eigenvalue weighted by atomic mass is 32.2. The van der Waals surface area contributed by atoms with Crippen LogP contribution in [0.3, 0.4) is 0 Å². The topological polar surface area (TPSA) is 85.1 Å². The molecule has 7 heteroatoms. The number of hydrogen-bond donors (Lipinski definition) is 1. The first-order valence-electron chi connectivity index (χ1n) is 6.71. The van der Waals surface area contributed by atoms with E-state index in [0.717, 1.165) is 13.0 Å². The highest BCUT2D eigenvalue weighted by Crippen LogP contribution is 2.27. The first-order valence-corrected chi connectivity index (χ1v) is 8.60. The molecular formula is C13H25N3O3S. The van der Waals surface area contributed by atoms with E-state index in [9.17, 15) is 8.42 Å². The number of rotatable bonds is 6. The molecule has 0 bridgehead atoms. The predicted octanol–water partition coefficient (Wildman–Crippen LogP) is 1.67. The summed E-state index contributed by atoms with van der Waals surface area (Å²) in [6, 6.07) is 0. The van der Waals surface area contributed by atoms with Gasteiger partial charge in [0, 0.05) is 18.2 Å². The van der Waals surface area contributed by atoms with Gasteiger partial charge < -0.3 is 9.73 Å². The summed E-state index contributed by atoms with van der Waals surface area (Å²) in [6.07, 6.45) is 2.66. The van der Waals surface area contributed by atoms with Crippen LogP contribution in [-0.2, 0) is 21.0 Å². The summed E-state index contributed by atoms with van der Waals surface area (Å²) in [5.41, 5.74) is 0.0816. The lowest BCUT2D eigenvalue weighted by Crippen LogP contribution is -2.36. The molecule has 0 aliphatic heterocycles. The van der Waals surface area contributed by atoms with Gasteiger partial charge in [-0.15, -0.1) is 10.2 Å². The van der Waals surface area contributed by atoms with E-state index in [-0.39, 0.29) is 11.4 Å². The SMILES string of the molecule is CC(C)(C)NCCCc1nnc(C(C)(C)S(C)(=O)=O)o1. The number of hydrogen-bond acceptors (Lipinski definition) is 6. The Morgan fingerprint density at radius 3 is 2.25 bits per heavy atom. The molecule has 0 aliphatic carbocycles. The van der Waals surface area contributed by atoms with Crippen molar-refractivity contribution in [1.29, 1.82) is 0 Å². The molecule has 0 spiro atoms. The van der Waals surface area contributed by atoms with Crippen molar-refractivity contribution >= 4 is 9.84 Å². The average molecular weight is 303 g/mol. The summed E-state index contributed by atoms with van der Waals surface area (Å²) in [5, 5.41) is 11.2. The molecule has 0 saturated heterocycles. The fraction of sp³-hybridized carbons (Fsp3) is 0.846. The average Bonchev–Trinajstić information content (AvgIpc) is 2.70. The summed E-state index contributed by atoms with van der Waals surface area (Å²) in [5.74, 6) is 0.631. The fourth-order valence-electron chi connectivity index (χ4n) is 1.46. The molecule has 1 aromatic heterocycles. The van der Waals surface area contributed by atoms with Crippen LogP contribution >= 0.6 is 0 Å². The Hall–Kier alpha value is -0.950. The minimum Gasteiger partial charge on any atom is -0.424 e.